The molecule has 2 atom stereocenters. The maximum absolute atomic E-state index is 12.5. The molecule has 0 bridgehead atoms. The Morgan fingerprint density at radius 2 is 1.88 bits per heavy atom. The minimum atomic E-state index is -3.20. The van der Waals surface area contributed by atoms with Crippen molar-refractivity contribution >= 4 is 15.9 Å². The summed E-state index contributed by atoms with van der Waals surface area (Å²) in [6, 6.07) is 6.60. The fourth-order valence-corrected chi connectivity index (χ4v) is 4.22. The van der Waals surface area contributed by atoms with Crippen molar-refractivity contribution in [1.82, 2.24) is 9.62 Å². The van der Waals surface area contributed by atoms with Gasteiger partial charge in [0, 0.05) is 19.0 Å². The fourth-order valence-electron chi connectivity index (χ4n) is 3.09. The van der Waals surface area contributed by atoms with Crippen molar-refractivity contribution in [2.75, 3.05) is 26.0 Å². The minimum absolute atomic E-state index is 0.0783. The van der Waals surface area contributed by atoms with Crippen LogP contribution in [0.25, 0.3) is 0 Å². The quantitative estimate of drug-likeness (QED) is 0.739. The lowest BCUT2D eigenvalue weighted by atomic mass is 9.96. The second kappa shape index (κ2) is 8.83. The fraction of sp³-hybridized carbons (Fsp3) is 0.611. The van der Waals surface area contributed by atoms with Gasteiger partial charge >= 0.3 is 0 Å². The van der Waals surface area contributed by atoms with Gasteiger partial charge in [-0.05, 0) is 44.4 Å². The molecular weight excluding hydrogens is 356 g/mol. The number of nitrogens with zero attached hydrogens (tertiary/aromatic N) is 1. The molecule has 1 saturated heterocycles. The van der Waals surface area contributed by atoms with E-state index in [1.54, 1.807) is 45.2 Å². The molecule has 0 aliphatic carbocycles. The molecule has 1 aliphatic rings. The van der Waals surface area contributed by atoms with E-state index in [0.29, 0.717) is 37.2 Å². The van der Waals surface area contributed by atoms with Crippen LogP contribution < -0.4 is 10.1 Å². The number of benzene rings is 1. The average molecular weight is 384 g/mol. The number of aliphatic hydroxyl groups is 1. The molecule has 1 aliphatic heterocycles. The van der Waals surface area contributed by atoms with E-state index >= 15 is 0 Å². The van der Waals surface area contributed by atoms with Gasteiger partial charge in [0.1, 0.15) is 5.75 Å². The molecular formula is C18H28N2O5S. The van der Waals surface area contributed by atoms with Crippen LogP contribution in [0.2, 0.25) is 0 Å². The van der Waals surface area contributed by atoms with Crippen molar-refractivity contribution in [3.05, 3.63) is 29.8 Å². The molecule has 7 nitrogen and oxygen atoms in total. The van der Waals surface area contributed by atoms with Gasteiger partial charge in [-0.25, -0.2) is 12.7 Å². The number of hydrogen-bond donors (Lipinski definition) is 2. The first-order valence-corrected chi connectivity index (χ1v) is 10.5. The number of nitrogens with one attached hydrogen (secondary N) is 1. The number of carbonyl (C=O) groups excluding carboxylic acids is 1. The van der Waals surface area contributed by atoms with Gasteiger partial charge in [0.25, 0.3) is 0 Å². The molecule has 1 aromatic carbocycles. The van der Waals surface area contributed by atoms with Crippen LogP contribution in [0.5, 0.6) is 5.75 Å². The first kappa shape index (κ1) is 20.7. The molecule has 26 heavy (non-hydrogen) atoms. The largest absolute Gasteiger partial charge is 0.497 e. The number of amides is 1. The normalized spacial score (nSPS) is 18.9. The topological polar surface area (TPSA) is 95.9 Å². The van der Waals surface area contributed by atoms with Crippen molar-refractivity contribution in [3.8, 4) is 5.75 Å². The van der Waals surface area contributed by atoms with E-state index in [4.69, 9.17) is 4.74 Å². The highest BCUT2D eigenvalue weighted by Gasteiger charge is 2.31. The Morgan fingerprint density at radius 3 is 2.38 bits per heavy atom. The standard InChI is InChI=1S/C18H28N2O5S/c1-4-26(23,24)20-11-9-15(10-12-20)18(22)19-13(2)17(21)14-5-7-16(25-3)8-6-14/h5-8,13,15,17,21H,4,9-12H2,1-3H3,(H,19,22)/t13-,17-/m0/s1. The van der Waals surface area contributed by atoms with Crippen molar-refractivity contribution in [2.45, 2.75) is 38.8 Å². The average Bonchev–Trinajstić information content (AvgIpc) is 2.67. The summed E-state index contributed by atoms with van der Waals surface area (Å²) in [6.45, 7) is 4.10. The second-order valence-electron chi connectivity index (χ2n) is 6.59. The van der Waals surface area contributed by atoms with Gasteiger partial charge in [0.05, 0.1) is 25.0 Å². The third-order valence-corrected chi connectivity index (χ3v) is 6.77. The summed E-state index contributed by atoms with van der Waals surface area (Å²) >= 11 is 0. The second-order valence-corrected chi connectivity index (χ2v) is 8.85. The van der Waals surface area contributed by atoms with Crippen molar-refractivity contribution in [2.24, 2.45) is 5.92 Å². The van der Waals surface area contributed by atoms with E-state index in [1.165, 1.54) is 4.31 Å². The molecule has 146 valence electrons. The van der Waals surface area contributed by atoms with Gasteiger partial charge in [-0.3, -0.25) is 4.79 Å². The lowest BCUT2D eigenvalue weighted by Crippen LogP contribution is -2.46. The summed E-state index contributed by atoms with van der Waals surface area (Å²) in [7, 11) is -1.62. The van der Waals surface area contributed by atoms with E-state index in [9.17, 15) is 18.3 Å². The lowest BCUT2D eigenvalue weighted by Gasteiger charge is -2.31. The molecule has 1 fully saturated rings. The smallest absolute Gasteiger partial charge is 0.223 e. The van der Waals surface area contributed by atoms with E-state index in [0.717, 1.165) is 0 Å². The van der Waals surface area contributed by atoms with Gasteiger partial charge in [0.2, 0.25) is 15.9 Å². The van der Waals surface area contributed by atoms with Crippen LogP contribution in [-0.2, 0) is 14.8 Å². The molecule has 1 aromatic rings. The number of sulfonamides is 1. The summed E-state index contributed by atoms with van der Waals surface area (Å²) in [6.07, 6.45) is 0.165. The molecule has 8 heteroatoms. The van der Waals surface area contributed by atoms with Gasteiger partial charge < -0.3 is 15.2 Å². The lowest BCUT2D eigenvalue weighted by molar-refractivity contribution is -0.127. The summed E-state index contributed by atoms with van der Waals surface area (Å²) in [5.74, 6) is 0.406. The number of piperidine rings is 1. The SMILES string of the molecule is CCS(=O)(=O)N1CCC(C(=O)N[C@@H](C)[C@H](O)c2ccc(OC)cc2)CC1. The zero-order chi connectivity index (χ0) is 19.3. The molecule has 0 radical (unpaired) electrons. The Morgan fingerprint density at radius 1 is 1.31 bits per heavy atom. The zero-order valence-electron chi connectivity index (χ0n) is 15.5. The third-order valence-electron chi connectivity index (χ3n) is 4.88. The summed E-state index contributed by atoms with van der Waals surface area (Å²) in [5.41, 5.74) is 0.697. The van der Waals surface area contributed by atoms with Crippen LogP contribution in [-0.4, -0.2) is 55.7 Å². The number of hydrogen-bond acceptors (Lipinski definition) is 5. The number of rotatable bonds is 7. The summed E-state index contributed by atoms with van der Waals surface area (Å²) in [5, 5.41) is 13.3. The number of carbonyl (C=O) groups is 1. The van der Waals surface area contributed by atoms with Gasteiger partial charge in [0.15, 0.2) is 0 Å². The molecule has 0 spiro atoms. The van der Waals surface area contributed by atoms with E-state index in [1.807, 2.05) is 0 Å². The first-order chi connectivity index (χ1) is 12.3. The predicted octanol–water partition coefficient (Wildman–Crippen LogP) is 1.30. The third kappa shape index (κ3) is 4.96. The van der Waals surface area contributed by atoms with Gasteiger partial charge in [-0.15, -0.1) is 0 Å². The van der Waals surface area contributed by atoms with Gasteiger partial charge in [-0.1, -0.05) is 12.1 Å². The van der Waals surface area contributed by atoms with Crippen LogP contribution in [0.4, 0.5) is 0 Å². The van der Waals surface area contributed by atoms with Crippen molar-refractivity contribution in [1.29, 1.82) is 0 Å². The first-order valence-electron chi connectivity index (χ1n) is 8.88. The van der Waals surface area contributed by atoms with Crippen LogP contribution in [0.15, 0.2) is 24.3 Å². The number of aliphatic hydroxyl groups excluding tert-OH is 1. The highest BCUT2D eigenvalue weighted by atomic mass is 32.2. The highest BCUT2D eigenvalue weighted by molar-refractivity contribution is 7.89. The van der Waals surface area contributed by atoms with Crippen molar-refractivity contribution < 1.29 is 23.1 Å². The van der Waals surface area contributed by atoms with Gasteiger partial charge in [-0.2, -0.15) is 0 Å². The molecule has 0 unspecified atom stereocenters. The van der Waals surface area contributed by atoms with Crippen LogP contribution in [0, 0.1) is 5.92 Å². The highest BCUT2D eigenvalue weighted by Crippen LogP contribution is 2.23. The van der Waals surface area contributed by atoms with E-state index in [2.05, 4.69) is 5.32 Å². The van der Waals surface area contributed by atoms with Crippen LogP contribution in [0.3, 0.4) is 0 Å². The monoisotopic (exact) mass is 384 g/mol. The zero-order valence-corrected chi connectivity index (χ0v) is 16.3. The Balaban J connectivity index is 1.88. The number of methoxy groups -OCH3 is 1. The molecule has 2 rings (SSSR count). The molecule has 0 saturated carbocycles. The maximum Gasteiger partial charge on any atom is 0.223 e. The Labute approximate surface area is 155 Å². The molecule has 0 aromatic heterocycles. The molecule has 1 amide bonds. The summed E-state index contributed by atoms with van der Waals surface area (Å²) < 4.78 is 30.3. The Bertz CT molecular complexity index is 697. The van der Waals surface area contributed by atoms with E-state index < -0.39 is 22.2 Å². The van der Waals surface area contributed by atoms with Crippen LogP contribution in [0.1, 0.15) is 38.4 Å². The minimum Gasteiger partial charge on any atom is -0.497 e. The number of ether oxygens (including phenoxy) is 1. The maximum atomic E-state index is 12.5. The predicted molar refractivity (Wildman–Crippen MR) is 99.3 cm³/mol. The van der Waals surface area contributed by atoms with E-state index in [-0.39, 0.29) is 17.6 Å². The summed E-state index contributed by atoms with van der Waals surface area (Å²) in [4.78, 5) is 12.5. The Hall–Kier alpha value is -1.64. The molecule has 2 N–H and O–H groups in total. The molecule has 1 heterocycles. The van der Waals surface area contributed by atoms with Crippen LogP contribution >= 0.6 is 0 Å². The Kier molecular flexibility index (Phi) is 7.02. The van der Waals surface area contributed by atoms with Crippen molar-refractivity contribution in [3.63, 3.8) is 0 Å².